The van der Waals surface area contributed by atoms with E-state index in [1.165, 1.54) is 29.2 Å². The van der Waals surface area contributed by atoms with Crippen LogP contribution in [-0.4, -0.2) is 103 Å². The monoisotopic (exact) mass is 787 g/mol. The molecule has 4 aromatic rings. The van der Waals surface area contributed by atoms with Gasteiger partial charge < -0.3 is 41.4 Å². The molecule has 0 saturated carbocycles. The van der Waals surface area contributed by atoms with E-state index in [9.17, 15) is 43.1 Å². The SMILES string of the molecule is CC(C)N1CC[C@H]2CC[C@@H](C(=O)N[C@@H](CCC(N)=O)C(=O)NCc3cccc4ccccc34)N2C(=O)[C@@H](NC(=O)c2cc3cc(C(=O)P(=O)(O)O)ccc3[nH]2)C1. The molecule has 3 heterocycles. The van der Waals surface area contributed by atoms with Crippen molar-refractivity contribution in [2.45, 2.75) is 82.7 Å². The molecule has 2 fully saturated rings. The number of nitrogens with one attached hydrogen (secondary N) is 4. The summed E-state index contributed by atoms with van der Waals surface area (Å²) in [6, 6.07) is 15.4. The topological polar surface area (TPSA) is 244 Å². The molecule has 2 saturated heterocycles. The standard InChI is InChI=1S/C39H46N7O9P/c1-22(2)45-17-16-27-11-14-33(37(50)43-30(13-15-34(40)47)35(48)41-20-25-8-5-7-23-6-3-4-9-28(23)25)46(27)38(51)32(21-45)44-36(49)31-19-26-18-24(10-12-29(26)42-31)39(52)56(53,54)55/h3-10,12,18-19,22,27,30,32-33,42H,11,13-17,20-21H2,1-2H3,(H2,40,47)(H,41,48)(H,43,50)(H,44,49)(H2,53,54,55)/t27-,30+,32+,33+/m1/s1. The van der Waals surface area contributed by atoms with E-state index in [1.807, 2.05) is 56.3 Å². The molecule has 16 nitrogen and oxygen atoms in total. The molecule has 0 aliphatic carbocycles. The summed E-state index contributed by atoms with van der Waals surface area (Å²) >= 11 is 0. The van der Waals surface area contributed by atoms with E-state index >= 15 is 0 Å². The molecule has 2 aliphatic rings. The average Bonchev–Trinajstić information content (AvgIpc) is 3.79. The molecule has 6 rings (SSSR count). The summed E-state index contributed by atoms with van der Waals surface area (Å²) in [5.74, 6) is -2.80. The van der Waals surface area contributed by atoms with Gasteiger partial charge in [0, 0.05) is 54.6 Å². The third-order valence-electron chi connectivity index (χ3n) is 10.6. The number of nitrogens with zero attached hydrogens (tertiary/aromatic N) is 2. The largest absolute Gasteiger partial charge is 0.396 e. The molecule has 4 atom stereocenters. The molecular formula is C39H46N7O9P. The normalized spacial score (nSPS) is 19.6. The van der Waals surface area contributed by atoms with Crippen LogP contribution in [0.15, 0.2) is 66.7 Å². The molecule has 3 aromatic carbocycles. The number of rotatable bonds is 13. The number of H-pyrrole nitrogens is 1. The average molecular weight is 788 g/mol. The summed E-state index contributed by atoms with van der Waals surface area (Å²) in [7, 11) is -5.03. The van der Waals surface area contributed by atoms with Gasteiger partial charge in [-0.05, 0) is 80.1 Å². The Balaban J connectivity index is 1.19. The van der Waals surface area contributed by atoms with Gasteiger partial charge in [-0.25, -0.2) is 0 Å². The van der Waals surface area contributed by atoms with Crippen molar-refractivity contribution in [2.24, 2.45) is 5.73 Å². The Morgan fingerprint density at radius 1 is 0.964 bits per heavy atom. The van der Waals surface area contributed by atoms with Crippen LogP contribution in [0.5, 0.6) is 0 Å². The number of benzene rings is 3. The third kappa shape index (κ3) is 9.00. The quantitative estimate of drug-likeness (QED) is 0.0975. The summed E-state index contributed by atoms with van der Waals surface area (Å²) < 4.78 is 11.5. The highest BCUT2D eigenvalue weighted by atomic mass is 31.2. The van der Waals surface area contributed by atoms with Gasteiger partial charge in [-0.15, -0.1) is 0 Å². The minimum Gasteiger partial charge on any atom is -0.370 e. The first-order valence-corrected chi connectivity index (χ1v) is 20.1. The molecule has 2 aliphatic heterocycles. The summed E-state index contributed by atoms with van der Waals surface area (Å²) in [5, 5.41) is 10.8. The fourth-order valence-corrected chi connectivity index (χ4v) is 8.08. The molecule has 56 heavy (non-hydrogen) atoms. The van der Waals surface area contributed by atoms with Crippen LogP contribution in [0.25, 0.3) is 21.7 Å². The highest BCUT2D eigenvalue weighted by molar-refractivity contribution is 7.70. The van der Waals surface area contributed by atoms with Crippen LogP contribution >= 0.6 is 7.60 Å². The summed E-state index contributed by atoms with van der Waals surface area (Å²) in [4.78, 5) is 105. The number of hydrogen-bond donors (Lipinski definition) is 7. The van der Waals surface area contributed by atoms with E-state index in [2.05, 4.69) is 25.8 Å². The molecule has 0 spiro atoms. The van der Waals surface area contributed by atoms with Crippen molar-refractivity contribution in [3.05, 3.63) is 83.6 Å². The minimum absolute atomic E-state index is 0.0331. The van der Waals surface area contributed by atoms with Gasteiger partial charge in [0.2, 0.25) is 23.6 Å². The first kappa shape index (κ1) is 40.3. The van der Waals surface area contributed by atoms with Crippen LogP contribution in [0.1, 0.15) is 72.4 Å². The number of fused-ring (bicyclic) bond motifs is 3. The second-order valence-electron chi connectivity index (χ2n) is 14.7. The number of nitrogens with two attached hydrogens (primary N) is 1. The Kier molecular flexibility index (Phi) is 12.0. The van der Waals surface area contributed by atoms with Gasteiger partial charge in [-0.2, -0.15) is 0 Å². The molecule has 0 radical (unpaired) electrons. The molecule has 0 bridgehead atoms. The first-order chi connectivity index (χ1) is 26.6. The predicted molar refractivity (Wildman–Crippen MR) is 207 cm³/mol. The maximum Gasteiger partial charge on any atom is 0.396 e. The lowest BCUT2D eigenvalue weighted by atomic mass is 10.0. The Morgan fingerprint density at radius 3 is 2.45 bits per heavy atom. The van der Waals surface area contributed by atoms with Crippen LogP contribution < -0.4 is 21.7 Å². The first-order valence-electron chi connectivity index (χ1n) is 18.5. The highest BCUT2D eigenvalue weighted by Gasteiger charge is 2.46. The number of amides is 5. The van der Waals surface area contributed by atoms with E-state index in [0.29, 0.717) is 36.7 Å². The number of carbonyl (C=O) groups is 6. The number of primary amides is 1. The van der Waals surface area contributed by atoms with Crippen LogP contribution in [0.3, 0.4) is 0 Å². The molecule has 8 N–H and O–H groups in total. The number of aromatic amines is 1. The van der Waals surface area contributed by atoms with Crippen molar-refractivity contribution in [3.8, 4) is 0 Å². The van der Waals surface area contributed by atoms with E-state index < -0.39 is 60.8 Å². The van der Waals surface area contributed by atoms with E-state index in [4.69, 9.17) is 5.73 Å². The third-order valence-corrected chi connectivity index (χ3v) is 11.4. The Hall–Kier alpha value is -5.41. The lowest BCUT2D eigenvalue weighted by Gasteiger charge is -2.40. The molecule has 1 aromatic heterocycles. The summed E-state index contributed by atoms with van der Waals surface area (Å²) in [5.41, 5.74) is 5.20. The Morgan fingerprint density at radius 2 is 1.71 bits per heavy atom. The fraction of sp³-hybridized carbons (Fsp3) is 0.385. The number of carbonyl (C=O) groups excluding carboxylic acids is 6. The van der Waals surface area contributed by atoms with E-state index in [0.717, 1.165) is 16.3 Å². The highest BCUT2D eigenvalue weighted by Crippen LogP contribution is 2.39. The van der Waals surface area contributed by atoms with Gasteiger partial charge in [0.15, 0.2) is 0 Å². The maximum atomic E-state index is 14.5. The van der Waals surface area contributed by atoms with E-state index in [1.54, 1.807) is 0 Å². The Labute approximate surface area is 322 Å². The van der Waals surface area contributed by atoms with Crippen LogP contribution in [0.2, 0.25) is 0 Å². The summed E-state index contributed by atoms with van der Waals surface area (Å²) in [6.45, 7) is 4.89. The maximum absolute atomic E-state index is 14.5. The van der Waals surface area contributed by atoms with Crippen LogP contribution in [0.4, 0.5) is 0 Å². The Bertz CT molecular complexity index is 2230. The molecule has 296 valence electrons. The van der Waals surface area contributed by atoms with Gasteiger partial charge >= 0.3 is 7.60 Å². The van der Waals surface area contributed by atoms with Crippen molar-refractivity contribution in [3.63, 3.8) is 0 Å². The van der Waals surface area contributed by atoms with Gasteiger partial charge in [-0.1, -0.05) is 42.5 Å². The van der Waals surface area contributed by atoms with Crippen LogP contribution in [-0.2, 0) is 30.3 Å². The van der Waals surface area contributed by atoms with Crippen molar-refractivity contribution in [1.29, 1.82) is 0 Å². The smallest absolute Gasteiger partial charge is 0.370 e. The zero-order valence-corrected chi connectivity index (χ0v) is 32.0. The molecule has 0 unspecified atom stereocenters. The summed E-state index contributed by atoms with van der Waals surface area (Å²) in [6.07, 6.45) is 1.23. The van der Waals surface area contributed by atoms with Gasteiger partial charge in [0.1, 0.15) is 23.8 Å². The zero-order valence-electron chi connectivity index (χ0n) is 31.1. The lowest BCUT2D eigenvalue weighted by molar-refractivity contribution is -0.144. The minimum atomic E-state index is -5.03. The molecule has 5 amide bonds. The lowest BCUT2D eigenvalue weighted by Crippen LogP contribution is -2.62. The number of aromatic nitrogens is 1. The molecular weight excluding hydrogens is 741 g/mol. The second kappa shape index (κ2) is 16.8. The fourth-order valence-electron chi connectivity index (χ4n) is 7.60. The van der Waals surface area contributed by atoms with Crippen LogP contribution in [0, 0.1) is 0 Å². The van der Waals surface area contributed by atoms with Crippen molar-refractivity contribution in [1.82, 2.24) is 30.7 Å². The van der Waals surface area contributed by atoms with Crippen molar-refractivity contribution < 1.29 is 43.1 Å². The van der Waals surface area contributed by atoms with Crippen molar-refractivity contribution in [2.75, 3.05) is 13.1 Å². The van der Waals surface area contributed by atoms with Crippen molar-refractivity contribution >= 4 is 64.3 Å². The predicted octanol–water partition coefficient (Wildman–Crippen LogP) is 2.28. The van der Waals surface area contributed by atoms with Gasteiger partial charge in [-0.3, -0.25) is 38.2 Å². The van der Waals surface area contributed by atoms with E-state index in [-0.39, 0.29) is 49.3 Å². The molecule has 17 heteroatoms. The number of hydrogen-bond acceptors (Lipinski definition) is 8. The van der Waals surface area contributed by atoms with Gasteiger partial charge in [0.25, 0.3) is 11.4 Å². The zero-order chi connectivity index (χ0) is 40.3. The second-order valence-corrected chi connectivity index (χ2v) is 16.1. The van der Waals surface area contributed by atoms with Gasteiger partial charge in [0.05, 0.1) is 0 Å².